The maximum atomic E-state index is 10.4. The molecule has 0 saturated carbocycles. The van der Waals surface area contributed by atoms with Gasteiger partial charge in [0.05, 0.1) is 0 Å². The fourth-order valence-corrected chi connectivity index (χ4v) is 3.89. The first-order chi connectivity index (χ1) is 20.0. The first-order valence-corrected chi connectivity index (χ1v) is 12.7. The minimum atomic E-state index is -1.11. The molecule has 0 amide bonds. The van der Waals surface area contributed by atoms with Gasteiger partial charge in [0.2, 0.25) is 0 Å². The molecule has 8 N–H and O–H groups in total. The fourth-order valence-electron chi connectivity index (χ4n) is 3.89. The zero-order chi connectivity index (χ0) is 31.1. The number of aromatic nitrogens is 1. The van der Waals surface area contributed by atoms with Gasteiger partial charge in [0.25, 0.3) is 0 Å². The second kappa shape index (κ2) is 18.5. The maximum Gasteiger partial charge on any atom is 2.00 e. The molecule has 1 atom stereocenters. The molecule has 1 unspecified atom stereocenters. The number of aromatic carboxylic acids is 1. The van der Waals surface area contributed by atoms with E-state index in [1.165, 1.54) is 61.3 Å². The Hall–Kier alpha value is -4.90. The van der Waals surface area contributed by atoms with Crippen molar-refractivity contribution in [1.29, 1.82) is 0 Å². The van der Waals surface area contributed by atoms with Crippen LogP contribution in [0.15, 0.2) is 97.3 Å². The molecule has 1 aromatic heterocycles. The van der Waals surface area contributed by atoms with Crippen LogP contribution in [0.25, 0.3) is 0 Å². The van der Waals surface area contributed by atoms with Gasteiger partial charge in [-0.3, -0.25) is 9.88 Å². The number of rotatable bonds is 4. The molecule has 12 heteroatoms. The first kappa shape index (κ1) is 36.1. The molecule has 1 fully saturated rings. The molecule has 2 heterocycles. The average Bonchev–Trinajstić information content (AvgIpc) is 3.40. The van der Waals surface area contributed by atoms with Crippen LogP contribution in [0.2, 0.25) is 0 Å². The van der Waals surface area contributed by atoms with Crippen LogP contribution in [-0.2, 0) is 17.1 Å². The molecule has 1 aliphatic rings. The Labute approximate surface area is 258 Å². The zero-order valence-electron chi connectivity index (χ0n) is 23.2. The van der Waals surface area contributed by atoms with Gasteiger partial charge in [-0.25, -0.2) is 4.79 Å². The number of phenols is 3. The van der Waals surface area contributed by atoms with Gasteiger partial charge >= 0.3 is 35.0 Å². The molecule has 4 aromatic rings. The molecule has 1 saturated heterocycles. The van der Waals surface area contributed by atoms with Gasteiger partial charge in [0.15, 0.2) is 11.1 Å². The number of benzene rings is 3. The van der Waals surface area contributed by atoms with E-state index in [4.69, 9.17) is 30.6 Å². The molecule has 0 bridgehead atoms. The first-order valence-electron chi connectivity index (χ1n) is 12.7. The van der Waals surface area contributed by atoms with Crippen molar-refractivity contribution in [3.05, 3.63) is 120 Å². The number of likely N-dealkylation sites (tertiary alicyclic amines) is 1. The summed E-state index contributed by atoms with van der Waals surface area (Å²) < 4.78 is 0. The van der Waals surface area contributed by atoms with Crippen LogP contribution in [0.5, 0.6) is 17.2 Å². The van der Waals surface area contributed by atoms with E-state index in [0.29, 0.717) is 6.04 Å². The Kier molecular flexibility index (Phi) is 15.6. The van der Waals surface area contributed by atoms with Crippen molar-refractivity contribution in [2.45, 2.75) is 18.9 Å². The minimum absolute atomic E-state index is 0. The number of nitrogens with zero attached hydrogens (tertiary/aromatic N) is 2. The summed E-state index contributed by atoms with van der Waals surface area (Å²) in [5.74, 6) is -3.31. The molecular formula is C31H34MnN2O9+4. The number of para-hydroxylation sites is 3. The van der Waals surface area contributed by atoms with Crippen molar-refractivity contribution < 1.29 is 62.1 Å². The largest absolute Gasteiger partial charge is 2.00 e. The fraction of sp³-hybridized carbons (Fsp3) is 0.161. The van der Waals surface area contributed by atoms with Crippen molar-refractivity contribution in [3.63, 3.8) is 0 Å². The molecule has 0 spiro atoms. The third-order valence-corrected chi connectivity index (χ3v) is 6.02. The van der Waals surface area contributed by atoms with Crippen LogP contribution in [0, 0.1) is 0 Å². The van der Waals surface area contributed by atoms with Crippen LogP contribution in [0.4, 0.5) is 0 Å². The zero-order valence-corrected chi connectivity index (χ0v) is 24.4. The minimum Gasteiger partial charge on any atom is -0.561 e. The summed E-state index contributed by atoms with van der Waals surface area (Å²) in [6.45, 7) is 1.22. The van der Waals surface area contributed by atoms with Gasteiger partial charge in [-0.1, -0.05) is 42.5 Å². The van der Waals surface area contributed by atoms with Gasteiger partial charge in [0, 0.05) is 28.0 Å². The Morgan fingerprint density at radius 2 is 1.19 bits per heavy atom. The predicted octanol–water partition coefficient (Wildman–Crippen LogP) is 3.45. The van der Waals surface area contributed by atoms with Gasteiger partial charge < -0.3 is 30.6 Å². The summed E-state index contributed by atoms with van der Waals surface area (Å²) in [5, 5.41) is 48.5. The molecule has 3 aromatic carbocycles. The van der Waals surface area contributed by atoms with Crippen molar-refractivity contribution >= 4 is 17.9 Å². The number of carbonyl (C=O) groups excluding carboxylic acids is 2. The number of pyridine rings is 1. The predicted molar refractivity (Wildman–Crippen MR) is 156 cm³/mol. The van der Waals surface area contributed by atoms with Crippen molar-refractivity contribution in [2.75, 3.05) is 13.6 Å². The number of carbonyl (C=O) groups is 3. The van der Waals surface area contributed by atoms with Gasteiger partial charge in [-0.05, 0) is 74.5 Å². The Morgan fingerprint density at radius 1 is 0.744 bits per heavy atom. The monoisotopic (exact) mass is 633 g/mol. The Bertz CT molecular complexity index is 1340. The smallest absolute Gasteiger partial charge is 0.561 e. The van der Waals surface area contributed by atoms with Crippen LogP contribution in [-0.4, -0.2) is 72.0 Å². The van der Waals surface area contributed by atoms with Crippen LogP contribution < -0.4 is 0 Å². The van der Waals surface area contributed by atoms with E-state index in [1.54, 1.807) is 36.4 Å². The van der Waals surface area contributed by atoms with E-state index in [2.05, 4.69) is 23.0 Å². The molecule has 1 aliphatic heterocycles. The average molecular weight is 634 g/mol. The van der Waals surface area contributed by atoms with Crippen LogP contribution in [0.1, 0.15) is 55.5 Å². The third kappa shape index (κ3) is 11.9. The van der Waals surface area contributed by atoms with Crippen molar-refractivity contribution in [1.82, 2.24) is 9.88 Å². The van der Waals surface area contributed by atoms with E-state index < -0.39 is 17.9 Å². The number of carboxylic acids is 1. The second-order valence-corrected chi connectivity index (χ2v) is 8.94. The second-order valence-electron chi connectivity index (χ2n) is 8.94. The Morgan fingerprint density at radius 3 is 1.47 bits per heavy atom. The maximum absolute atomic E-state index is 10.4. The molecule has 0 aliphatic carbocycles. The Balaban J connectivity index is 0.000000286. The quantitative estimate of drug-likeness (QED) is 0.192. The van der Waals surface area contributed by atoms with Crippen LogP contribution >= 0.6 is 0 Å². The summed E-state index contributed by atoms with van der Waals surface area (Å²) >= 11 is 0. The summed E-state index contributed by atoms with van der Waals surface area (Å²) in [5.41, 5.74) is 1.38. The van der Waals surface area contributed by atoms with Gasteiger partial charge in [-0.15, -0.1) is 0 Å². The van der Waals surface area contributed by atoms with E-state index in [-0.39, 0.29) is 51.0 Å². The van der Waals surface area contributed by atoms with Crippen LogP contribution in [0.3, 0.4) is 0 Å². The summed E-state index contributed by atoms with van der Waals surface area (Å²) in [6.07, 6.45) is 6.41. The van der Waals surface area contributed by atoms with E-state index in [1.807, 2.05) is 18.5 Å². The molecule has 225 valence electrons. The van der Waals surface area contributed by atoms with E-state index in [0.717, 1.165) is 0 Å². The van der Waals surface area contributed by atoms with Crippen molar-refractivity contribution in [2.24, 2.45) is 0 Å². The van der Waals surface area contributed by atoms with E-state index in [9.17, 15) is 14.4 Å². The number of aromatic hydroxyl groups is 3. The van der Waals surface area contributed by atoms with Gasteiger partial charge in [-0.2, -0.15) is 0 Å². The third-order valence-electron chi connectivity index (χ3n) is 6.02. The summed E-state index contributed by atoms with van der Waals surface area (Å²) in [6, 6.07) is 22.6. The molecule has 5 rings (SSSR count). The van der Waals surface area contributed by atoms with Gasteiger partial charge in [0.1, 0.15) is 22.8 Å². The molecule has 43 heavy (non-hydrogen) atoms. The van der Waals surface area contributed by atoms with Crippen molar-refractivity contribution in [3.8, 4) is 17.2 Å². The molecule has 11 nitrogen and oxygen atoms in total. The number of hydrogen-bond acceptors (Lipinski definition) is 8. The standard InChI is InChI=1S/C10H14N2.3C7H6O3.Mn/c1-12-7-3-5-10(12)9-4-2-6-11-8-9;3*8-6-4-2-1-3-5(6)7(9)10;/h2,4,6,8,10H,3,5,7H2,1H3;3*1-4,8H,(H,9,10);/q;;;;+2/p+2. The van der Waals surface area contributed by atoms with E-state index >= 15 is 0 Å². The number of carboxylic acid groups (broad SMARTS) is 1. The molecule has 1 radical (unpaired) electrons. The number of hydrogen-bond donors (Lipinski definition) is 4. The number of phenolic OH excluding ortho intramolecular Hbond substituents is 2. The summed E-state index contributed by atoms with van der Waals surface area (Å²) in [4.78, 5) is 37.5. The summed E-state index contributed by atoms with van der Waals surface area (Å²) in [7, 11) is 2.19. The SMILES string of the molecule is CN1CCCC1c1cccnc1.O=C(O)c1ccccc1O.O=C([OH2+])c1ccccc1O.O=C([OH2+])c1ccccc1O.[Mn+2]. The topological polar surface area (TPSA) is 194 Å². The normalized spacial score (nSPS) is 13.3. The molecular weight excluding hydrogens is 599 g/mol.